The molecule has 0 amide bonds. The Morgan fingerprint density at radius 1 is 0.571 bits per heavy atom. The highest BCUT2D eigenvalue weighted by atomic mass is 16.6. The Balaban J connectivity index is 0. The molecule has 0 rings (SSSR count). The maximum atomic E-state index is 11.5. The van der Waals surface area contributed by atoms with Gasteiger partial charge in [0.1, 0.15) is 0 Å². The van der Waals surface area contributed by atoms with E-state index in [2.05, 4.69) is 13.8 Å². The van der Waals surface area contributed by atoms with E-state index in [1.54, 1.807) is 0 Å². The summed E-state index contributed by atoms with van der Waals surface area (Å²) in [5, 5.41) is 13.9. The highest BCUT2D eigenvalue weighted by molar-refractivity contribution is 5.77. The molecule has 0 aliphatic carbocycles. The number of rotatable bonds is 17. The molecule has 7 heteroatoms. The summed E-state index contributed by atoms with van der Waals surface area (Å²) >= 11 is 0. The average Bonchev–Trinajstić information content (AvgIpc) is 2.64. The van der Waals surface area contributed by atoms with Crippen molar-refractivity contribution in [2.24, 2.45) is 0 Å². The zero-order valence-corrected chi connectivity index (χ0v) is 17.7. The van der Waals surface area contributed by atoms with E-state index in [1.807, 2.05) is 0 Å². The van der Waals surface area contributed by atoms with Gasteiger partial charge in [0.25, 0.3) is 0 Å². The van der Waals surface area contributed by atoms with Gasteiger partial charge in [-0.25, -0.2) is 4.79 Å². The number of esters is 2. The number of hydrogen-bond acceptors (Lipinski definition) is 5. The second-order valence-corrected chi connectivity index (χ2v) is 6.76. The van der Waals surface area contributed by atoms with Gasteiger partial charge >= 0.3 is 18.1 Å². The molecule has 0 bridgehead atoms. The normalized spacial score (nSPS) is 9.93. The minimum atomic E-state index is -1.83. The lowest BCUT2D eigenvalue weighted by atomic mass is 10.1. The first-order valence-electron chi connectivity index (χ1n) is 10.7. The summed E-state index contributed by atoms with van der Waals surface area (Å²) in [5.41, 5.74) is 0. The summed E-state index contributed by atoms with van der Waals surface area (Å²) in [7, 11) is 0. The Morgan fingerprint density at radius 2 is 0.857 bits per heavy atom. The standard InChI is InChI=1S/C20H38O4.CH2O3/c1-3-5-7-9-11-13-17-23-19(21)15-16-20(22)24-18-14-12-10-8-6-4-2;2-1(3)4/h3-18H2,1-2H3;(H2,2,3,4). The van der Waals surface area contributed by atoms with Crippen LogP contribution in [0, 0.1) is 0 Å². The minimum absolute atomic E-state index is 0.130. The summed E-state index contributed by atoms with van der Waals surface area (Å²) in [6.45, 7) is 5.33. The Labute approximate surface area is 169 Å². The SMILES string of the molecule is CCCCCCCCOC(=O)CCC(=O)OCCCCCCCC.O=C(O)O. The van der Waals surface area contributed by atoms with Crippen LogP contribution >= 0.6 is 0 Å². The lowest BCUT2D eigenvalue weighted by Gasteiger charge is -2.06. The van der Waals surface area contributed by atoms with Gasteiger partial charge in [-0.2, -0.15) is 0 Å². The highest BCUT2D eigenvalue weighted by Crippen LogP contribution is 2.07. The lowest BCUT2D eigenvalue weighted by molar-refractivity contribution is -0.150. The maximum absolute atomic E-state index is 11.5. The average molecular weight is 405 g/mol. The van der Waals surface area contributed by atoms with Crippen LogP contribution in [0.15, 0.2) is 0 Å². The molecule has 0 radical (unpaired) electrons. The van der Waals surface area contributed by atoms with Gasteiger partial charge in [-0.1, -0.05) is 78.1 Å². The van der Waals surface area contributed by atoms with Crippen LogP contribution in [-0.4, -0.2) is 41.5 Å². The summed E-state index contributed by atoms with van der Waals surface area (Å²) < 4.78 is 10.3. The number of carboxylic acid groups (broad SMARTS) is 2. The van der Waals surface area contributed by atoms with Crippen molar-refractivity contribution in [3.05, 3.63) is 0 Å². The van der Waals surface area contributed by atoms with E-state index in [0.717, 1.165) is 25.7 Å². The third-order valence-corrected chi connectivity index (χ3v) is 4.06. The summed E-state index contributed by atoms with van der Waals surface area (Å²) in [6, 6.07) is 0. The van der Waals surface area contributed by atoms with Crippen LogP contribution in [-0.2, 0) is 19.1 Å². The molecule has 0 aliphatic rings. The first-order valence-corrected chi connectivity index (χ1v) is 10.7. The predicted molar refractivity (Wildman–Crippen MR) is 109 cm³/mol. The zero-order valence-electron chi connectivity index (χ0n) is 17.7. The van der Waals surface area contributed by atoms with E-state index in [-0.39, 0.29) is 24.8 Å². The molecule has 7 nitrogen and oxygen atoms in total. The molecule has 2 N–H and O–H groups in total. The van der Waals surface area contributed by atoms with Crippen LogP contribution in [0.5, 0.6) is 0 Å². The maximum Gasteiger partial charge on any atom is 0.503 e. The van der Waals surface area contributed by atoms with Crippen LogP contribution in [0.2, 0.25) is 0 Å². The van der Waals surface area contributed by atoms with E-state index >= 15 is 0 Å². The molecular formula is C21H40O7. The van der Waals surface area contributed by atoms with E-state index < -0.39 is 6.16 Å². The van der Waals surface area contributed by atoms with Gasteiger partial charge < -0.3 is 19.7 Å². The second-order valence-electron chi connectivity index (χ2n) is 6.76. The van der Waals surface area contributed by atoms with Crippen LogP contribution in [0.25, 0.3) is 0 Å². The van der Waals surface area contributed by atoms with Crippen molar-refractivity contribution < 1.29 is 34.1 Å². The van der Waals surface area contributed by atoms with Crippen molar-refractivity contribution in [1.82, 2.24) is 0 Å². The van der Waals surface area contributed by atoms with Crippen LogP contribution in [0.1, 0.15) is 104 Å². The summed E-state index contributed by atoms with van der Waals surface area (Å²) in [4.78, 5) is 31.6. The molecule has 0 aromatic rings. The number of unbranched alkanes of at least 4 members (excludes halogenated alkanes) is 10. The molecule has 0 aromatic carbocycles. The molecule has 0 unspecified atom stereocenters. The minimum Gasteiger partial charge on any atom is -0.466 e. The lowest BCUT2D eigenvalue weighted by Crippen LogP contribution is -2.11. The molecule has 0 saturated heterocycles. The van der Waals surface area contributed by atoms with Crippen molar-refractivity contribution >= 4 is 18.1 Å². The smallest absolute Gasteiger partial charge is 0.466 e. The van der Waals surface area contributed by atoms with E-state index in [4.69, 9.17) is 24.5 Å². The van der Waals surface area contributed by atoms with Crippen LogP contribution in [0.4, 0.5) is 4.79 Å². The Bertz CT molecular complexity index is 349. The Morgan fingerprint density at radius 3 is 1.18 bits per heavy atom. The van der Waals surface area contributed by atoms with Gasteiger partial charge in [0.05, 0.1) is 26.1 Å². The number of carbonyl (C=O) groups is 3. The van der Waals surface area contributed by atoms with E-state index in [0.29, 0.717) is 13.2 Å². The third kappa shape index (κ3) is 29.0. The van der Waals surface area contributed by atoms with Crippen molar-refractivity contribution in [3.8, 4) is 0 Å². The monoisotopic (exact) mass is 404 g/mol. The fourth-order valence-electron chi connectivity index (χ4n) is 2.49. The molecule has 0 atom stereocenters. The molecule has 0 aromatic heterocycles. The topological polar surface area (TPSA) is 110 Å². The first kappa shape index (κ1) is 28.4. The van der Waals surface area contributed by atoms with E-state index in [9.17, 15) is 9.59 Å². The van der Waals surface area contributed by atoms with Gasteiger partial charge in [0, 0.05) is 0 Å². The van der Waals surface area contributed by atoms with E-state index in [1.165, 1.54) is 51.4 Å². The van der Waals surface area contributed by atoms with Crippen molar-refractivity contribution in [2.45, 2.75) is 104 Å². The fourth-order valence-corrected chi connectivity index (χ4v) is 2.49. The molecule has 0 heterocycles. The quantitative estimate of drug-likeness (QED) is 0.233. The second kappa shape index (κ2) is 23.2. The number of hydrogen-bond donors (Lipinski definition) is 2. The van der Waals surface area contributed by atoms with Crippen molar-refractivity contribution in [2.75, 3.05) is 13.2 Å². The molecule has 0 fully saturated rings. The predicted octanol–water partition coefficient (Wildman–Crippen LogP) is 5.80. The fraction of sp³-hybridized carbons (Fsp3) is 0.857. The largest absolute Gasteiger partial charge is 0.503 e. The molecular weight excluding hydrogens is 364 g/mol. The first-order chi connectivity index (χ1) is 13.4. The molecule has 0 spiro atoms. The summed E-state index contributed by atoms with van der Waals surface area (Å²) in [5.74, 6) is -0.583. The number of carbonyl (C=O) groups excluding carboxylic acids is 2. The highest BCUT2D eigenvalue weighted by Gasteiger charge is 2.08. The van der Waals surface area contributed by atoms with Gasteiger partial charge in [-0.3, -0.25) is 9.59 Å². The van der Waals surface area contributed by atoms with Crippen LogP contribution < -0.4 is 0 Å². The van der Waals surface area contributed by atoms with Crippen molar-refractivity contribution in [1.29, 1.82) is 0 Å². The van der Waals surface area contributed by atoms with Crippen molar-refractivity contribution in [3.63, 3.8) is 0 Å². The third-order valence-electron chi connectivity index (χ3n) is 4.06. The zero-order chi connectivity index (χ0) is 21.5. The molecule has 0 saturated carbocycles. The molecule has 28 heavy (non-hydrogen) atoms. The summed E-state index contributed by atoms with van der Waals surface area (Å²) in [6.07, 6.45) is 12.4. The van der Waals surface area contributed by atoms with Gasteiger partial charge in [-0.05, 0) is 12.8 Å². The van der Waals surface area contributed by atoms with Gasteiger partial charge in [0.2, 0.25) is 0 Å². The molecule has 166 valence electrons. The Hall–Kier alpha value is -1.79. The Kier molecular flexibility index (Phi) is 23.6. The van der Waals surface area contributed by atoms with Gasteiger partial charge in [0.15, 0.2) is 0 Å². The molecule has 0 aliphatic heterocycles. The van der Waals surface area contributed by atoms with Gasteiger partial charge in [-0.15, -0.1) is 0 Å². The number of ether oxygens (including phenoxy) is 2. The van der Waals surface area contributed by atoms with Crippen LogP contribution in [0.3, 0.4) is 0 Å².